The summed E-state index contributed by atoms with van der Waals surface area (Å²) in [5.41, 5.74) is 1.26. The van der Waals surface area contributed by atoms with E-state index in [0.29, 0.717) is 32.8 Å². The summed E-state index contributed by atoms with van der Waals surface area (Å²) >= 11 is 4.24. The highest BCUT2D eigenvalue weighted by Gasteiger charge is 2.17. The van der Waals surface area contributed by atoms with E-state index in [1.165, 1.54) is 20.3 Å². The van der Waals surface area contributed by atoms with Crippen LogP contribution in [0.5, 0.6) is 17.2 Å². The summed E-state index contributed by atoms with van der Waals surface area (Å²) in [6.45, 7) is 0. The minimum absolute atomic E-state index is 0.0190. The maximum Gasteiger partial charge on any atom is 0.342 e. The molecule has 0 radical (unpaired) electrons. The van der Waals surface area contributed by atoms with Gasteiger partial charge in [-0.2, -0.15) is 0 Å². The van der Waals surface area contributed by atoms with Crippen molar-refractivity contribution < 1.29 is 28.5 Å². The summed E-state index contributed by atoms with van der Waals surface area (Å²) in [6, 6.07) is 10.4. The minimum atomic E-state index is -1.12. The van der Waals surface area contributed by atoms with Gasteiger partial charge in [0.1, 0.15) is 22.2 Å². The summed E-state index contributed by atoms with van der Waals surface area (Å²) in [5.74, 6) is 0.870. The van der Waals surface area contributed by atoms with Crippen LogP contribution in [0.25, 0.3) is 17.5 Å². The average molecular weight is 493 g/mol. The first-order valence-corrected chi connectivity index (χ1v) is 10.1. The second-order valence-electron chi connectivity index (χ2n) is 5.78. The van der Waals surface area contributed by atoms with Gasteiger partial charge in [-0.3, -0.25) is 0 Å². The standard InChI is InChI=1S/C20H17BrN2O6S/c1-26-13-8-12(9-14(10-13)27-2)18-22-23-20(29-18)30-17(19(24)25)7-11-4-5-16(28-3)15(21)6-11/h4-10H,1-3H3,(H,24,25)/b17-7-. The molecular formula is C20H17BrN2O6S. The number of aliphatic carboxylic acids is 1. The fourth-order valence-electron chi connectivity index (χ4n) is 2.45. The molecule has 0 spiro atoms. The number of carboxylic acids is 1. The van der Waals surface area contributed by atoms with Crippen LogP contribution in [0.2, 0.25) is 0 Å². The molecule has 3 rings (SSSR count). The number of ether oxygens (including phenoxy) is 3. The van der Waals surface area contributed by atoms with Gasteiger partial charge in [-0.25, -0.2) is 4.79 Å². The number of halogens is 1. The van der Waals surface area contributed by atoms with Crippen LogP contribution >= 0.6 is 27.7 Å². The van der Waals surface area contributed by atoms with Gasteiger partial charge in [0.15, 0.2) is 0 Å². The van der Waals surface area contributed by atoms with Gasteiger partial charge in [-0.15, -0.1) is 10.2 Å². The molecule has 0 bridgehead atoms. The molecule has 2 aromatic carbocycles. The number of methoxy groups -OCH3 is 3. The van der Waals surface area contributed by atoms with Crippen molar-refractivity contribution in [3.8, 4) is 28.7 Å². The van der Waals surface area contributed by atoms with Crippen molar-refractivity contribution in [1.82, 2.24) is 10.2 Å². The maximum absolute atomic E-state index is 11.7. The zero-order valence-corrected chi connectivity index (χ0v) is 18.6. The number of aromatic nitrogens is 2. The molecule has 0 amide bonds. The van der Waals surface area contributed by atoms with E-state index in [4.69, 9.17) is 18.6 Å². The van der Waals surface area contributed by atoms with Gasteiger partial charge in [-0.1, -0.05) is 6.07 Å². The van der Waals surface area contributed by atoms with Crippen LogP contribution in [0.4, 0.5) is 0 Å². The van der Waals surface area contributed by atoms with Crippen LogP contribution in [-0.4, -0.2) is 42.6 Å². The predicted molar refractivity (Wildman–Crippen MR) is 115 cm³/mol. The van der Waals surface area contributed by atoms with E-state index in [-0.39, 0.29) is 16.0 Å². The quantitative estimate of drug-likeness (QED) is 0.352. The van der Waals surface area contributed by atoms with Crippen molar-refractivity contribution in [2.45, 2.75) is 5.22 Å². The number of hydrogen-bond donors (Lipinski definition) is 1. The van der Waals surface area contributed by atoms with Crippen molar-refractivity contribution in [2.75, 3.05) is 21.3 Å². The van der Waals surface area contributed by atoms with Gasteiger partial charge in [0.25, 0.3) is 5.22 Å². The van der Waals surface area contributed by atoms with Crippen molar-refractivity contribution in [3.05, 3.63) is 51.3 Å². The molecule has 0 saturated carbocycles. The lowest BCUT2D eigenvalue weighted by molar-refractivity contribution is -0.131. The molecule has 156 valence electrons. The van der Waals surface area contributed by atoms with Crippen molar-refractivity contribution in [3.63, 3.8) is 0 Å². The van der Waals surface area contributed by atoms with Crippen molar-refractivity contribution in [1.29, 1.82) is 0 Å². The fourth-order valence-corrected chi connectivity index (χ4v) is 3.68. The first kappa shape index (κ1) is 21.7. The molecule has 0 aliphatic rings. The summed E-state index contributed by atoms with van der Waals surface area (Å²) in [7, 11) is 4.63. The zero-order valence-electron chi connectivity index (χ0n) is 16.2. The number of carbonyl (C=O) groups is 1. The topological polar surface area (TPSA) is 104 Å². The number of thioether (sulfide) groups is 1. The molecule has 3 aromatic rings. The molecule has 0 unspecified atom stereocenters. The summed E-state index contributed by atoms with van der Waals surface area (Å²) in [6.07, 6.45) is 1.51. The number of nitrogens with zero attached hydrogens (tertiary/aromatic N) is 2. The van der Waals surface area contributed by atoms with E-state index >= 15 is 0 Å². The average Bonchev–Trinajstić information content (AvgIpc) is 3.21. The van der Waals surface area contributed by atoms with Gasteiger partial charge in [0.05, 0.1) is 25.8 Å². The van der Waals surface area contributed by atoms with E-state index in [2.05, 4.69) is 26.1 Å². The second-order valence-corrected chi connectivity index (χ2v) is 7.63. The van der Waals surface area contributed by atoms with Gasteiger partial charge < -0.3 is 23.7 Å². The lowest BCUT2D eigenvalue weighted by Crippen LogP contribution is -1.97. The Kier molecular flexibility index (Phi) is 7.01. The van der Waals surface area contributed by atoms with Gasteiger partial charge in [-0.05, 0) is 63.6 Å². The molecule has 0 aliphatic heterocycles. The number of hydrogen-bond acceptors (Lipinski definition) is 8. The Labute approximate surface area is 185 Å². The third kappa shape index (κ3) is 5.14. The van der Waals surface area contributed by atoms with Gasteiger partial charge >= 0.3 is 5.97 Å². The first-order chi connectivity index (χ1) is 14.4. The highest BCUT2D eigenvalue weighted by molar-refractivity contribution is 9.10. The summed E-state index contributed by atoms with van der Waals surface area (Å²) in [4.78, 5) is 11.7. The van der Waals surface area contributed by atoms with Crippen LogP contribution < -0.4 is 14.2 Å². The molecule has 0 aliphatic carbocycles. The smallest absolute Gasteiger partial charge is 0.342 e. The molecule has 0 saturated heterocycles. The summed E-state index contributed by atoms with van der Waals surface area (Å²) < 4.78 is 22.0. The third-order valence-electron chi connectivity index (χ3n) is 3.89. The Bertz CT molecular complexity index is 1080. The fraction of sp³-hybridized carbons (Fsp3) is 0.150. The molecule has 0 fully saturated rings. The Morgan fingerprint density at radius 3 is 2.33 bits per heavy atom. The molecule has 0 atom stereocenters. The number of rotatable bonds is 8. The number of benzene rings is 2. The van der Waals surface area contributed by atoms with E-state index < -0.39 is 5.97 Å². The van der Waals surface area contributed by atoms with Crippen molar-refractivity contribution >= 4 is 39.7 Å². The first-order valence-electron chi connectivity index (χ1n) is 8.46. The Morgan fingerprint density at radius 1 is 1.07 bits per heavy atom. The third-order valence-corrected chi connectivity index (χ3v) is 5.36. The largest absolute Gasteiger partial charge is 0.497 e. The predicted octanol–water partition coefficient (Wildman–Crippen LogP) is 4.74. The minimum Gasteiger partial charge on any atom is -0.497 e. The zero-order chi connectivity index (χ0) is 21.7. The normalized spacial score (nSPS) is 11.3. The van der Waals surface area contributed by atoms with Gasteiger partial charge in [0, 0.05) is 11.6 Å². The SMILES string of the molecule is COc1cc(OC)cc(-c2nnc(S/C(=C\c3ccc(OC)c(Br)c3)C(=O)O)o2)c1. The Hall–Kier alpha value is -2.98. The maximum atomic E-state index is 11.7. The highest BCUT2D eigenvalue weighted by Crippen LogP contribution is 2.34. The molecule has 1 heterocycles. The van der Waals surface area contributed by atoms with E-state index in [1.807, 2.05) is 0 Å². The monoisotopic (exact) mass is 492 g/mol. The van der Waals surface area contributed by atoms with Crippen molar-refractivity contribution in [2.24, 2.45) is 0 Å². The Balaban J connectivity index is 1.87. The second kappa shape index (κ2) is 9.68. The molecule has 10 heteroatoms. The molecule has 30 heavy (non-hydrogen) atoms. The van der Waals surface area contributed by atoms with E-state index in [9.17, 15) is 9.90 Å². The molecular weight excluding hydrogens is 476 g/mol. The van der Waals surface area contributed by atoms with Gasteiger partial charge in [0.2, 0.25) is 5.89 Å². The van der Waals surface area contributed by atoms with E-state index in [1.54, 1.807) is 43.5 Å². The lowest BCUT2D eigenvalue weighted by Gasteiger charge is -2.05. The lowest BCUT2D eigenvalue weighted by atomic mass is 10.2. The van der Waals surface area contributed by atoms with E-state index in [0.717, 1.165) is 11.8 Å². The molecule has 8 nitrogen and oxygen atoms in total. The number of carboxylic acid groups (broad SMARTS) is 1. The highest BCUT2D eigenvalue weighted by atomic mass is 79.9. The van der Waals surface area contributed by atoms with Crippen LogP contribution in [-0.2, 0) is 4.79 Å². The molecule has 1 N–H and O–H groups in total. The Morgan fingerprint density at radius 2 is 1.77 bits per heavy atom. The molecule has 1 aromatic heterocycles. The van der Waals surface area contributed by atoms with Crippen LogP contribution in [0, 0.1) is 0 Å². The van der Waals surface area contributed by atoms with Crippen LogP contribution in [0.15, 0.2) is 55.4 Å². The summed E-state index contributed by atoms with van der Waals surface area (Å²) in [5, 5.41) is 17.6. The van der Waals surface area contributed by atoms with Crippen LogP contribution in [0.1, 0.15) is 5.56 Å². The van der Waals surface area contributed by atoms with Crippen LogP contribution in [0.3, 0.4) is 0 Å².